The van der Waals surface area contributed by atoms with Crippen molar-refractivity contribution in [3.05, 3.63) is 70.8 Å². The zero-order chi connectivity index (χ0) is 26.5. The van der Waals surface area contributed by atoms with Gasteiger partial charge < -0.3 is 14.5 Å². The van der Waals surface area contributed by atoms with Gasteiger partial charge in [-0.3, -0.25) is 9.59 Å². The smallest absolute Gasteiger partial charge is 0.302 e. The molecule has 0 aromatic heterocycles. The molecule has 2 heterocycles. The van der Waals surface area contributed by atoms with E-state index < -0.39 is 11.6 Å². The van der Waals surface area contributed by atoms with Crippen LogP contribution in [0.2, 0.25) is 0 Å². The molecule has 2 aliphatic heterocycles. The van der Waals surface area contributed by atoms with Crippen LogP contribution in [0.3, 0.4) is 0 Å². The van der Waals surface area contributed by atoms with Crippen LogP contribution in [0.15, 0.2) is 42.5 Å². The molecule has 198 valence electrons. The highest BCUT2D eigenvalue weighted by Crippen LogP contribution is 2.48. The molecule has 3 aliphatic rings. The van der Waals surface area contributed by atoms with Crippen molar-refractivity contribution in [2.24, 2.45) is 5.92 Å². The van der Waals surface area contributed by atoms with Crippen molar-refractivity contribution < 1.29 is 28.0 Å². The van der Waals surface area contributed by atoms with Crippen LogP contribution >= 0.6 is 0 Å². The summed E-state index contributed by atoms with van der Waals surface area (Å²) in [6, 6.07) is 12.0. The topological polar surface area (TPSA) is 51.0 Å². The number of hydrogen-bond acceptors (Lipinski definition) is 3. The maximum Gasteiger partial charge on any atom is 0.302 e. The van der Waals surface area contributed by atoms with E-state index in [1.54, 1.807) is 0 Å². The number of hydrogen-bond donors (Lipinski definition) is 1. The summed E-state index contributed by atoms with van der Waals surface area (Å²) in [6.45, 7) is 10.2. The molecule has 1 amide bonds. The number of carbonyl (C=O) groups excluding carboxylic acids is 2. The Balaban J connectivity index is 1.39. The average Bonchev–Trinajstić information content (AvgIpc) is 3.40. The maximum absolute atomic E-state index is 14.9. The lowest BCUT2D eigenvalue weighted by Crippen LogP contribution is -3.17. The first kappa shape index (κ1) is 25.8. The van der Waals surface area contributed by atoms with Crippen molar-refractivity contribution in [1.29, 1.82) is 0 Å². The Morgan fingerprint density at radius 3 is 2.41 bits per heavy atom. The van der Waals surface area contributed by atoms with Crippen LogP contribution in [0.5, 0.6) is 0 Å². The van der Waals surface area contributed by atoms with Gasteiger partial charge in [0, 0.05) is 37.9 Å². The van der Waals surface area contributed by atoms with Gasteiger partial charge in [0.15, 0.2) is 0 Å². The van der Waals surface area contributed by atoms with E-state index in [0.717, 1.165) is 6.07 Å². The fourth-order valence-corrected chi connectivity index (χ4v) is 6.96. The van der Waals surface area contributed by atoms with Gasteiger partial charge in [0.1, 0.15) is 17.7 Å². The van der Waals surface area contributed by atoms with E-state index in [1.165, 1.54) is 35.1 Å². The van der Waals surface area contributed by atoms with Crippen LogP contribution in [-0.4, -0.2) is 54.6 Å². The predicted molar refractivity (Wildman–Crippen MR) is 136 cm³/mol. The van der Waals surface area contributed by atoms with E-state index in [9.17, 15) is 18.4 Å². The summed E-state index contributed by atoms with van der Waals surface area (Å²) in [7, 11) is 0. The Morgan fingerprint density at radius 1 is 1.05 bits per heavy atom. The molecular formula is C30H37F2N2O3+. The summed E-state index contributed by atoms with van der Waals surface area (Å²) < 4.78 is 34.3. The summed E-state index contributed by atoms with van der Waals surface area (Å²) in [5.41, 5.74) is 2.47. The highest BCUT2D eigenvalue weighted by molar-refractivity contribution is 5.80. The summed E-state index contributed by atoms with van der Waals surface area (Å²) in [4.78, 5) is 29.0. The predicted octanol–water partition coefficient (Wildman–Crippen LogP) is 3.41. The van der Waals surface area contributed by atoms with E-state index >= 15 is 0 Å². The van der Waals surface area contributed by atoms with Crippen LogP contribution < -0.4 is 4.90 Å². The molecule has 2 fully saturated rings. The van der Waals surface area contributed by atoms with Gasteiger partial charge in [-0.2, -0.15) is 0 Å². The third-order valence-electron chi connectivity index (χ3n) is 9.01. The Morgan fingerprint density at radius 2 is 1.76 bits per heavy atom. The summed E-state index contributed by atoms with van der Waals surface area (Å²) in [5, 5.41) is 0. The molecule has 2 unspecified atom stereocenters. The molecule has 0 bridgehead atoms. The normalized spacial score (nSPS) is 26.8. The van der Waals surface area contributed by atoms with Gasteiger partial charge >= 0.3 is 5.97 Å². The number of ether oxygens (including phenoxy) is 1. The van der Waals surface area contributed by atoms with Gasteiger partial charge in [-0.25, -0.2) is 8.78 Å². The number of fused-ring (bicyclic) bond motifs is 2. The van der Waals surface area contributed by atoms with E-state index in [1.807, 2.05) is 17.0 Å². The number of nitrogens with one attached hydrogen (secondary N) is 1. The molecule has 0 radical (unpaired) electrons. The van der Waals surface area contributed by atoms with Gasteiger partial charge in [0.25, 0.3) is 0 Å². The molecule has 2 aromatic rings. The van der Waals surface area contributed by atoms with Crippen LogP contribution in [0.4, 0.5) is 8.78 Å². The Kier molecular flexibility index (Phi) is 6.63. The van der Waals surface area contributed by atoms with Gasteiger partial charge in [-0.1, -0.05) is 30.3 Å². The van der Waals surface area contributed by atoms with E-state index in [0.29, 0.717) is 51.0 Å². The maximum atomic E-state index is 14.9. The minimum absolute atomic E-state index is 0.0399. The molecule has 1 N–H and O–H groups in total. The average molecular weight is 512 g/mol. The lowest BCUT2D eigenvalue weighted by atomic mass is 9.72. The SMILES string of the molecule is CC(=O)O[C@@H]1Cc2ccccc2C12CCN(C(=O)C1C[NH+](C(C)(C)C)C[C@H]1c1ccc(F)cc1F)CC2. The largest absolute Gasteiger partial charge is 0.461 e. The molecule has 4 atom stereocenters. The first-order valence-electron chi connectivity index (χ1n) is 13.3. The number of amides is 1. The van der Waals surface area contributed by atoms with Crippen LogP contribution in [0.25, 0.3) is 0 Å². The van der Waals surface area contributed by atoms with Crippen LogP contribution in [0.1, 0.15) is 63.1 Å². The van der Waals surface area contributed by atoms with Gasteiger partial charge in [-0.15, -0.1) is 0 Å². The quantitative estimate of drug-likeness (QED) is 0.643. The number of rotatable bonds is 3. The van der Waals surface area contributed by atoms with Crippen molar-refractivity contribution in [3.8, 4) is 0 Å². The highest BCUT2D eigenvalue weighted by atomic mass is 19.1. The fourth-order valence-electron chi connectivity index (χ4n) is 6.96. The Bertz CT molecular complexity index is 1200. The third kappa shape index (κ3) is 4.67. The summed E-state index contributed by atoms with van der Waals surface area (Å²) in [5.74, 6) is -2.11. The fraction of sp³-hybridized carbons (Fsp3) is 0.533. The molecule has 37 heavy (non-hydrogen) atoms. The number of likely N-dealkylation sites (tertiary alicyclic amines) is 2. The molecule has 7 heteroatoms. The minimum atomic E-state index is -0.609. The molecular weight excluding hydrogens is 474 g/mol. The monoisotopic (exact) mass is 511 g/mol. The van der Waals surface area contributed by atoms with Crippen molar-refractivity contribution in [2.45, 2.75) is 69.9 Å². The van der Waals surface area contributed by atoms with Crippen molar-refractivity contribution in [1.82, 2.24) is 4.90 Å². The number of quaternary nitrogens is 1. The number of benzene rings is 2. The van der Waals surface area contributed by atoms with Crippen LogP contribution in [0, 0.1) is 17.6 Å². The Labute approximate surface area is 217 Å². The van der Waals surface area contributed by atoms with Crippen molar-refractivity contribution in [3.63, 3.8) is 0 Å². The molecule has 5 nitrogen and oxygen atoms in total. The number of halogens is 2. The van der Waals surface area contributed by atoms with E-state index in [4.69, 9.17) is 4.74 Å². The minimum Gasteiger partial charge on any atom is -0.461 e. The number of esters is 1. The van der Waals surface area contributed by atoms with Crippen molar-refractivity contribution in [2.75, 3.05) is 26.2 Å². The first-order valence-corrected chi connectivity index (χ1v) is 13.3. The zero-order valence-corrected chi connectivity index (χ0v) is 22.2. The lowest BCUT2D eigenvalue weighted by molar-refractivity contribution is -0.936. The molecule has 1 spiro atoms. The molecule has 5 rings (SSSR count). The number of piperidine rings is 1. The zero-order valence-electron chi connectivity index (χ0n) is 22.2. The Hall–Kier alpha value is -2.80. The molecule has 0 saturated carbocycles. The second kappa shape index (κ2) is 9.50. The standard InChI is InChI=1S/C30H36F2N2O3/c1-19(35)37-27-15-20-7-5-6-8-25(20)30(27)11-13-33(14-12-30)28(36)24-18-34(29(2,3)4)17-23(24)22-10-9-21(31)16-26(22)32/h5-10,16,23-24,27H,11-15,17-18H2,1-4H3/p+1/t23-,24?,27+/m0/s1. The van der Waals surface area contributed by atoms with E-state index in [-0.39, 0.29) is 40.8 Å². The number of carbonyl (C=O) groups is 2. The molecule has 2 aromatic carbocycles. The van der Waals surface area contributed by atoms with Crippen molar-refractivity contribution >= 4 is 11.9 Å². The summed E-state index contributed by atoms with van der Waals surface area (Å²) >= 11 is 0. The van der Waals surface area contributed by atoms with Gasteiger partial charge in [0.2, 0.25) is 5.91 Å². The van der Waals surface area contributed by atoms with Gasteiger partial charge in [0.05, 0.1) is 30.5 Å². The number of nitrogens with zero attached hydrogens (tertiary/aromatic N) is 1. The van der Waals surface area contributed by atoms with Crippen LogP contribution in [-0.2, 0) is 26.2 Å². The second-order valence-electron chi connectivity index (χ2n) is 12.1. The second-order valence-corrected chi connectivity index (χ2v) is 12.1. The first-order chi connectivity index (χ1) is 17.5. The van der Waals surface area contributed by atoms with E-state index in [2.05, 4.69) is 32.9 Å². The summed E-state index contributed by atoms with van der Waals surface area (Å²) in [6.07, 6.45) is 1.90. The highest BCUT2D eigenvalue weighted by Gasteiger charge is 2.53. The molecule has 2 saturated heterocycles. The molecule has 1 aliphatic carbocycles. The lowest BCUT2D eigenvalue weighted by Gasteiger charge is -2.43. The third-order valence-corrected chi connectivity index (χ3v) is 9.01. The van der Waals surface area contributed by atoms with Gasteiger partial charge in [-0.05, 0) is 56.4 Å².